The molecule has 1 aliphatic carbocycles. The molecule has 1 aromatic carbocycles. The van der Waals surface area contributed by atoms with Gasteiger partial charge in [0.15, 0.2) is 0 Å². The summed E-state index contributed by atoms with van der Waals surface area (Å²) in [5.41, 5.74) is 1.31. The van der Waals surface area contributed by atoms with E-state index in [0.29, 0.717) is 28.1 Å². The van der Waals surface area contributed by atoms with Crippen molar-refractivity contribution >= 4 is 0 Å². The predicted molar refractivity (Wildman–Crippen MR) is 80.4 cm³/mol. The van der Waals surface area contributed by atoms with E-state index in [2.05, 4.69) is 33.0 Å². The molecule has 0 aliphatic heterocycles. The first kappa shape index (κ1) is 15.3. The largest absolute Gasteiger partial charge is 0.496 e. The minimum absolute atomic E-state index is 0.0571. The fourth-order valence-corrected chi connectivity index (χ4v) is 3.36. The zero-order valence-electron chi connectivity index (χ0n) is 13.4. The Morgan fingerprint density at radius 2 is 1.85 bits per heavy atom. The number of methoxy groups -OCH3 is 1. The molecule has 2 rings (SSSR count). The molecular weight excluding hydrogens is 253 g/mol. The van der Waals surface area contributed by atoms with Crippen LogP contribution in [0.4, 0.5) is 4.39 Å². The molecule has 0 saturated heterocycles. The third kappa shape index (κ3) is 2.32. The van der Waals surface area contributed by atoms with E-state index in [-0.39, 0.29) is 11.9 Å². The van der Waals surface area contributed by atoms with Gasteiger partial charge in [-0.1, -0.05) is 33.8 Å². The number of hydrogen-bond donors (Lipinski definition) is 1. The lowest BCUT2D eigenvalue weighted by atomic mass is 10.0. The Balaban J connectivity index is 2.05. The van der Waals surface area contributed by atoms with Crippen molar-refractivity contribution in [1.29, 1.82) is 0 Å². The zero-order valence-corrected chi connectivity index (χ0v) is 13.4. The summed E-state index contributed by atoms with van der Waals surface area (Å²) in [5, 5.41) is 3.47. The molecule has 20 heavy (non-hydrogen) atoms. The predicted octanol–water partition coefficient (Wildman–Crippen LogP) is 4.17. The number of halogens is 1. The van der Waals surface area contributed by atoms with Crippen molar-refractivity contribution in [2.45, 2.75) is 40.7 Å². The molecule has 0 spiro atoms. The van der Waals surface area contributed by atoms with E-state index in [1.165, 1.54) is 6.07 Å². The zero-order chi connectivity index (χ0) is 15.1. The summed E-state index contributed by atoms with van der Waals surface area (Å²) in [5.74, 6) is 1.02. The number of nitrogens with one attached hydrogen (secondary N) is 1. The molecule has 1 saturated carbocycles. The molecule has 1 aliphatic rings. The summed E-state index contributed by atoms with van der Waals surface area (Å²) in [6, 6.07) is 4.92. The van der Waals surface area contributed by atoms with E-state index in [1.807, 2.05) is 13.0 Å². The molecule has 1 atom stereocenters. The fourth-order valence-electron chi connectivity index (χ4n) is 3.36. The second-order valence-corrected chi connectivity index (χ2v) is 6.98. The van der Waals surface area contributed by atoms with Crippen LogP contribution in [0.25, 0.3) is 0 Å². The maximum atomic E-state index is 14.0. The highest BCUT2D eigenvalue weighted by atomic mass is 19.1. The van der Waals surface area contributed by atoms with Crippen LogP contribution >= 0.6 is 0 Å². The highest BCUT2D eigenvalue weighted by molar-refractivity contribution is 5.37. The lowest BCUT2D eigenvalue weighted by Crippen LogP contribution is -2.24. The van der Waals surface area contributed by atoms with Gasteiger partial charge in [0, 0.05) is 11.6 Å². The highest BCUT2D eigenvalue weighted by Crippen LogP contribution is 2.68. The molecule has 0 heterocycles. The van der Waals surface area contributed by atoms with Gasteiger partial charge in [-0.25, -0.2) is 4.39 Å². The van der Waals surface area contributed by atoms with Gasteiger partial charge in [0.05, 0.1) is 7.11 Å². The second kappa shape index (κ2) is 5.03. The molecular formula is C17H26FNO. The van der Waals surface area contributed by atoms with Crippen molar-refractivity contribution in [3.8, 4) is 5.75 Å². The lowest BCUT2D eigenvalue weighted by molar-refractivity contribution is 0.390. The van der Waals surface area contributed by atoms with Crippen LogP contribution in [-0.4, -0.2) is 13.7 Å². The maximum absolute atomic E-state index is 14.0. The third-order valence-corrected chi connectivity index (χ3v) is 5.61. The van der Waals surface area contributed by atoms with Crippen LogP contribution in [-0.2, 0) is 0 Å². The monoisotopic (exact) mass is 279 g/mol. The summed E-state index contributed by atoms with van der Waals surface area (Å²) >= 11 is 0. The van der Waals surface area contributed by atoms with Crippen LogP contribution in [0.15, 0.2) is 18.2 Å². The van der Waals surface area contributed by atoms with Crippen molar-refractivity contribution in [2.24, 2.45) is 16.7 Å². The molecule has 112 valence electrons. The summed E-state index contributed by atoms with van der Waals surface area (Å²) in [7, 11) is 1.58. The van der Waals surface area contributed by atoms with Gasteiger partial charge in [-0.05, 0) is 42.3 Å². The Kier molecular flexibility index (Phi) is 3.85. The van der Waals surface area contributed by atoms with Crippen molar-refractivity contribution < 1.29 is 9.13 Å². The Bertz CT molecular complexity index is 482. The molecule has 1 fully saturated rings. The molecule has 0 radical (unpaired) electrons. The molecule has 0 bridgehead atoms. The van der Waals surface area contributed by atoms with Gasteiger partial charge in [0.2, 0.25) is 0 Å². The first-order valence-electron chi connectivity index (χ1n) is 7.29. The number of benzene rings is 1. The van der Waals surface area contributed by atoms with Gasteiger partial charge in [0.25, 0.3) is 0 Å². The summed E-state index contributed by atoms with van der Waals surface area (Å²) in [4.78, 5) is 0. The van der Waals surface area contributed by atoms with Gasteiger partial charge >= 0.3 is 0 Å². The molecule has 0 aromatic heterocycles. The molecule has 1 unspecified atom stereocenters. The summed E-state index contributed by atoms with van der Waals surface area (Å²) in [6.45, 7) is 12.1. The smallest absolute Gasteiger partial charge is 0.131 e. The van der Waals surface area contributed by atoms with Crippen molar-refractivity contribution in [2.75, 3.05) is 13.7 Å². The van der Waals surface area contributed by atoms with E-state index in [1.54, 1.807) is 13.2 Å². The van der Waals surface area contributed by atoms with Gasteiger partial charge < -0.3 is 10.1 Å². The Morgan fingerprint density at radius 1 is 1.25 bits per heavy atom. The first-order valence-corrected chi connectivity index (χ1v) is 7.29. The first-order chi connectivity index (χ1) is 9.23. The van der Waals surface area contributed by atoms with E-state index in [4.69, 9.17) is 4.74 Å². The van der Waals surface area contributed by atoms with Gasteiger partial charge in [-0.2, -0.15) is 0 Å². The molecule has 1 N–H and O–H groups in total. The maximum Gasteiger partial charge on any atom is 0.131 e. The molecule has 0 amide bonds. The van der Waals surface area contributed by atoms with Gasteiger partial charge in [0.1, 0.15) is 11.6 Å². The summed E-state index contributed by atoms with van der Waals surface area (Å²) < 4.78 is 19.3. The third-order valence-electron chi connectivity index (χ3n) is 5.61. The standard InChI is InChI=1S/C17H26FNO/c1-11(15-12(18)8-7-9-13(15)20-6)19-10-14-16(2,3)17(14,4)5/h7-9,11,14,19H,10H2,1-6H3. The van der Waals surface area contributed by atoms with Crippen LogP contribution in [0, 0.1) is 22.6 Å². The molecule has 2 nitrogen and oxygen atoms in total. The van der Waals surface area contributed by atoms with Crippen molar-refractivity contribution in [3.05, 3.63) is 29.6 Å². The number of hydrogen-bond acceptors (Lipinski definition) is 2. The topological polar surface area (TPSA) is 21.3 Å². The second-order valence-electron chi connectivity index (χ2n) is 6.98. The quantitative estimate of drug-likeness (QED) is 0.873. The van der Waals surface area contributed by atoms with Crippen LogP contribution in [0.2, 0.25) is 0 Å². The molecule has 3 heteroatoms. The molecule has 1 aromatic rings. The lowest BCUT2D eigenvalue weighted by Gasteiger charge is -2.18. The summed E-state index contributed by atoms with van der Waals surface area (Å²) in [6.07, 6.45) is 0. The minimum Gasteiger partial charge on any atom is -0.496 e. The number of rotatable bonds is 5. The number of ether oxygens (including phenoxy) is 1. The Morgan fingerprint density at radius 3 is 2.35 bits per heavy atom. The Labute approximate surface area is 121 Å². The van der Waals surface area contributed by atoms with Gasteiger partial charge in [-0.15, -0.1) is 0 Å². The van der Waals surface area contributed by atoms with Gasteiger partial charge in [-0.3, -0.25) is 0 Å². The normalized spacial score (nSPS) is 21.6. The van der Waals surface area contributed by atoms with Crippen LogP contribution in [0.1, 0.15) is 46.2 Å². The van der Waals surface area contributed by atoms with E-state index < -0.39 is 0 Å². The van der Waals surface area contributed by atoms with E-state index in [0.717, 1.165) is 6.54 Å². The van der Waals surface area contributed by atoms with E-state index >= 15 is 0 Å². The minimum atomic E-state index is -0.210. The average molecular weight is 279 g/mol. The SMILES string of the molecule is COc1cccc(F)c1C(C)NCC1C(C)(C)C1(C)C. The van der Waals surface area contributed by atoms with Crippen molar-refractivity contribution in [3.63, 3.8) is 0 Å². The van der Waals surface area contributed by atoms with Crippen LogP contribution in [0.5, 0.6) is 5.75 Å². The van der Waals surface area contributed by atoms with Crippen LogP contribution in [0.3, 0.4) is 0 Å². The highest BCUT2D eigenvalue weighted by Gasteiger charge is 2.63. The average Bonchev–Trinajstić information content (AvgIpc) is 2.76. The van der Waals surface area contributed by atoms with Crippen LogP contribution < -0.4 is 10.1 Å². The van der Waals surface area contributed by atoms with E-state index in [9.17, 15) is 4.39 Å². The fraction of sp³-hybridized carbons (Fsp3) is 0.647. The van der Waals surface area contributed by atoms with Crippen molar-refractivity contribution in [1.82, 2.24) is 5.32 Å². The Hall–Kier alpha value is -1.09.